The van der Waals surface area contributed by atoms with Gasteiger partial charge >= 0.3 is 5.97 Å². The van der Waals surface area contributed by atoms with Crippen LogP contribution in [0.5, 0.6) is 0 Å². The van der Waals surface area contributed by atoms with Crippen LogP contribution in [0.2, 0.25) is 0 Å². The van der Waals surface area contributed by atoms with Crippen molar-refractivity contribution in [3.05, 3.63) is 0 Å². The molecule has 0 radical (unpaired) electrons. The number of halogens is 3. The van der Waals surface area contributed by atoms with Crippen LogP contribution in [0.4, 0.5) is 0 Å². The largest absolute Gasteiger partial charge is 0.470 e. The van der Waals surface area contributed by atoms with Gasteiger partial charge in [-0.25, -0.2) is 9.79 Å². The second-order valence-corrected chi connectivity index (χ2v) is 5.18. The Balaban J connectivity index is 2.96. The van der Waals surface area contributed by atoms with Crippen LogP contribution in [0.3, 0.4) is 0 Å². The second kappa shape index (κ2) is 3.76. The predicted molar refractivity (Wildman–Crippen MR) is 54.1 cm³/mol. The van der Waals surface area contributed by atoms with Crippen LogP contribution in [-0.2, 0) is 14.3 Å². The summed E-state index contributed by atoms with van der Waals surface area (Å²) < 4.78 is 7.81. The van der Waals surface area contributed by atoms with Crippen LogP contribution in [0.25, 0.3) is 0 Å². The van der Waals surface area contributed by atoms with Gasteiger partial charge in [0.05, 0.1) is 7.11 Å². The molecular weight excluding hydrogens is 252 g/mol. The van der Waals surface area contributed by atoms with Crippen LogP contribution >= 0.6 is 34.8 Å². The van der Waals surface area contributed by atoms with Crippen molar-refractivity contribution in [2.45, 2.75) is 22.4 Å². The third-order valence-electron chi connectivity index (χ3n) is 2.02. The summed E-state index contributed by atoms with van der Waals surface area (Å²) in [6.45, 7) is 1.48. The minimum Gasteiger partial charge on any atom is -0.470 e. The van der Waals surface area contributed by atoms with Gasteiger partial charge in [-0.15, -0.1) is 0 Å². The Morgan fingerprint density at radius 1 is 1.64 bits per heavy atom. The van der Waals surface area contributed by atoms with E-state index in [4.69, 9.17) is 39.5 Å². The highest BCUT2D eigenvalue weighted by atomic mass is 35.6. The molecule has 0 N–H and O–H groups in total. The van der Waals surface area contributed by atoms with Gasteiger partial charge in [-0.1, -0.05) is 34.8 Å². The van der Waals surface area contributed by atoms with Gasteiger partial charge in [-0.05, 0) is 6.92 Å². The van der Waals surface area contributed by atoms with E-state index in [1.807, 2.05) is 0 Å². The lowest BCUT2D eigenvalue weighted by Crippen LogP contribution is -2.52. The number of rotatable bonds is 1. The van der Waals surface area contributed by atoms with Crippen molar-refractivity contribution in [3.63, 3.8) is 0 Å². The molecule has 7 heteroatoms. The third kappa shape index (κ3) is 1.78. The minimum atomic E-state index is -1.76. The molecule has 0 bridgehead atoms. The lowest BCUT2D eigenvalue weighted by atomic mass is 9.99. The molecule has 80 valence electrons. The van der Waals surface area contributed by atoms with Gasteiger partial charge in [0.15, 0.2) is 18.0 Å². The zero-order valence-corrected chi connectivity index (χ0v) is 9.73. The zero-order valence-electron chi connectivity index (χ0n) is 7.46. The van der Waals surface area contributed by atoms with E-state index in [1.165, 1.54) is 14.0 Å². The topological polar surface area (TPSA) is 47.9 Å². The molecule has 0 aromatic carbocycles. The minimum absolute atomic E-state index is 0.604. The summed E-state index contributed by atoms with van der Waals surface area (Å²) in [5, 5.41) is 0. The van der Waals surface area contributed by atoms with Gasteiger partial charge < -0.3 is 9.47 Å². The van der Waals surface area contributed by atoms with Gasteiger partial charge in [0, 0.05) is 0 Å². The number of methoxy groups -OCH3 is 1. The lowest BCUT2D eigenvalue weighted by molar-refractivity contribution is -0.145. The maximum absolute atomic E-state index is 11.3. The van der Waals surface area contributed by atoms with Gasteiger partial charge in [-0.2, -0.15) is 0 Å². The molecule has 0 aliphatic carbocycles. The molecule has 0 aromatic rings. The normalized spacial score (nSPS) is 31.4. The Bertz CT molecular complexity index is 276. The number of nitrogens with zero attached hydrogens (tertiary/aromatic N) is 1. The van der Waals surface area contributed by atoms with Crippen LogP contribution < -0.4 is 0 Å². The summed E-state index contributed by atoms with van der Waals surface area (Å²) in [6.07, 6.45) is 1.09. The zero-order chi connectivity index (χ0) is 11.0. The van der Waals surface area contributed by atoms with E-state index in [1.54, 1.807) is 0 Å². The third-order valence-corrected chi connectivity index (χ3v) is 3.14. The van der Waals surface area contributed by atoms with Crippen molar-refractivity contribution in [1.82, 2.24) is 0 Å². The van der Waals surface area contributed by atoms with Crippen LogP contribution in [0.1, 0.15) is 6.92 Å². The highest BCUT2D eigenvalue weighted by molar-refractivity contribution is 6.68. The summed E-state index contributed by atoms with van der Waals surface area (Å²) in [5.41, 5.74) is -1.33. The number of esters is 1. The molecule has 14 heavy (non-hydrogen) atoms. The lowest BCUT2D eigenvalue weighted by Gasteiger charge is -2.33. The van der Waals surface area contributed by atoms with E-state index in [2.05, 4.69) is 9.73 Å². The smallest absolute Gasteiger partial charge is 0.335 e. The molecule has 0 saturated carbocycles. The molecule has 0 aromatic heterocycles. The molecule has 0 saturated heterocycles. The van der Waals surface area contributed by atoms with Gasteiger partial charge in [0.1, 0.15) is 0 Å². The van der Waals surface area contributed by atoms with Crippen LogP contribution in [-0.4, -0.2) is 34.9 Å². The van der Waals surface area contributed by atoms with Crippen molar-refractivity contribution >= 4 is 47.2 Å². The first-order chi connectivity index (χ1) is 6.33. The van der Waals surface area contributed by atoms with Gasteiger partial charge in [0.2, 0.25) is 3.79 Å². The summed E-state index contributed by atoms with van der Waals surface area (Å²) in [6, 6.07) is -0.958. The number of ether oxygens (including phenoxy) is 2. The Hall–Kier alpha value is -0.190. The van der Waals surface area contributed by atoms with E-state index >= 15 is 0 Å². The Labute approximate surface area is 96.1 Å². The quantitative estimate of drug-likeness (QED) is 0.533. The monoisotopic (exact) mass is 259 g/mol. The van der Waals surface area contributed by atoms with Crippen molar-refractivity contribution in [2.75, 3.05) is 7.11 Å². The molecule has 2 atom stereocenters. The molecular formula is C7H8Cl3NO3. The fraction of sp³-hybridized carbons (Fsp3) is 0.714. The molecule has 1 rings (SSSR count). The number of hydrogen-bond acceptors (Lipinski definition) is 4. The van der Waals surface area contributed by atoms with E-state index in [0.717, 1.165) is 6.40 Å². The van der Waals surface area contributed by atoms with Crippen LogP contribution in [0.15, 0.2) is 4.99 Å². The predicted octanol–water partition coefficient (Wildman–Crippen LogP) is 1.72. The molecule has 0 amide bonds. The van der Waals surface area contributed by atoms with Crippen molar-refractivity contribution in [2.24, 2.45) is 4.99 Å². The molecule has 0 unspecified atom stereocenters. The molecule has 0 spiro atoms. The first kappa shape index (κ1) is 11.9. The second-order valence-electron chi connectivity index (χ2n) is 2.90. The van der Waals surface area contributed by atoms with Crippen molar-refractivity contribution < 1.29 is 14.3 Å². The molecule has 1 aliphatic rings. The van der Waals surface area contributed by atoms with Crippen molar-refractivity contribution in [1.29, 1.82) is 0 Å². The number of alkyl halides is 3. The first-order valence-electron chi connectivity index (χ1n) is 3.67. The average Bonchev–Trinajstić information content (AvgIpc) is 2.46. The molecule has 1 aliphatic heterocycles. The fourth-order valence-electron chi connectivity index (χ4n) is 1.03. The summed E-state index contributed by atoms with van der Waals surface area (Å²) >= 11 is 17.1. The maximum atomic E-state index is 11.3. The number of carbonyl (C=O) groups is 1. The Morgan fingerprint density at radius 3 is 2.64 bits per heavy atom. The fourth-order valence-corrected chi connectivity index (χ4v) is 1.47. The molecule has 0 fully saturated rings. The standard InChI is InChI=1S/C7H8Cl3NO3/c1-6(7(8,9)10)4(5(12)13-2)11-3-14-6/h3-4H,1-2H3/t4-,6+/m0/s1. The van der Waals surface area contributed by atoms with Crippen molar-refractivity contribution in [3.8, 4) is 0 Å². The summed E-state index contributed by atoms with van der Waals surface area (Å²) in [4.78, 5) is 15.0. The number of carbonyl (C=O) groups excluding carboxylic acids is 1. The molecule has 1 heterocycles. The van der Waals surface area contributed by atoms with Gasteiger partial charge in [0.25, 0.3) is 0 Å². The molecule has 4 nitrogen and oxygen atoms in total. The highest BCUT2D eigenvalue weighted by Gasteiger charge is 2.58. The highest BCUT2D eigenvalue weighted by Crippen LogP contribution is 2.45. The SMILES string of the molecule is COC(=O)[C@@H]1N=CO[C@@]1(C)C(Cl)(Cl)Cl. The first-order valence-corrected chi connectivity index (χ1v) is 4.80. The van der Waals surface area contributed by atoms with E-state index in [9.17, 15) is 4.79 Å². The number of aliphatic imine (C=N–C) groups is 1. The Morgan fingerprint density at radius 2 is 2.21 bits per heavy atom. The Kier molecular flexibility index (Phi) is 3.19. The van der Waals surface area contributed by atoms with E-state index in [0.29, 0.717) is 0 Å². The van der Waals surface area contributed by atoms with Crippen LogP contribution in [0, 0.1) is 0 Å². The average molecular weight is 261 g/mol. The maximum Gasteiger partial charge on any atom is 0.335 e. The van der Waals surface area contributed by atoms with E-state index < -0.39 is 21.4 Å². The van der Waals surface area contributed by atoms with Gasteiger partial charge in [-0.3, -0.25) is 0 Å². The number of hydrogen-bond donors (Lipinski definition) is 0. The summed E-state index contributed by atoms with van der Waals surface area (Å²) in [5.74, 6) is -0.604. The van der Waals surface area contributed by atoms with E-state index in [-0.39, 0.29) is 0 Å². The summed E-state index contributed by atoms with van der Waals surface area (Å²) in [7, 11) is 1.23.